The molecule has 0 radical (unpaired) electrons. The number of aromatic nitrogens is 3. The van der Waals surface area contributed by atoms with Crippen LogP contribution in [0, 0.1) is 25.2 Å². The molecule has 0 unspecified atom stereocenters. The van der Waals surface area contributed by atoms with Gasteiger partial charge in [0.25, 0.3) is 0 Å². The number of nitrogens with two attached hydrogens (primary N) is 1. The van der Waals surface area contributed by atoms with Crippen molar-refractivity contribution in [2.45, 2.75) is 26.8 Å². The zero-order valence-electron chi connectivity index (χ0n) is 17.8. The third-order valence-electron chi connectivity index (χ3n) is 5.40. The summed E-state index contributed by atoms with van der Waals surface area (Å²) in [5, 5.41) is 9.42. The molecule has 154 valence electrons. The summed E-state index contributed by atoms with van der Waals surface area (Å²) >= 11 is 0. The number of rotatable bonds is 6. The van der Waals surface area contributed by atoms with Gasteiger partial charge in [-0.1, -0.05) is 35.9 Å². The van der Waals surface area contributed by atoms with E-state index in [1.165, 1.54) is 5.56 Å². The van der Waals surface area contributed by atoms with Crippen molar-refractivity contribution in [2.75, 3.05) is 6.54 Å². The van der Waals surface area contributed by atoms with Crippen molar-refractivity contribution in [3.63, 3.8) is 0 Å². The van der Waals surface area contributed by atoms with Crippen LogP contribution in [-0.4, -0.2) is 21.1 Å². The van der Waals surface area contributed by atoms with Gasteiger partial charge in [0.1, 0.15) is 5.82 Å². The fraction of sp³-hybridized carbons (Fsp3) is 0.192. The molecule has 4 aromatic rings. The number of nitrogens with zero attached hydrogens (tertiary/aromatic N) is 4. The van der Waals surface area contributed by atoms with Gasteiger partial charge >= 0.3 is 0 Å². The largest absolute Gasteiger partial charge is 0.330 e. The Morgan fingerprint density at radius 3 is 2.61 bits per heavy atom. The number of pyridine rings is 1. The SMILES string of the molecule is Cc1cccc(-c2cn(Cc3cc(C#N)ccc3-c3ccc(CCN)cn3)c(C)n2)c1. The molecule has 2 N–H and O–H groups in total. The molecular weight excluding hydrogens is 382 g/mol. The number of imidazole rings is 1. The van der Waals surface area contributed by atoms with Crippen molar-refractivity contribution in [1.29, 1.82) is 5.26 Å². The first-order valence-electron chi connectivity index (χ1n) is 10.4. The van der Waals surface area contributed by atoms with E-state index in [4.69, 9.17) is 10.7 Å². The average molecular weight is 408 g/mol. The van der Waals surface area contributed by atoms with Crippen LogP contribution in [0.25, 0.3) is 22.5 Å². The smallest absolute Gasteiger partial charge is 0.106 e. The maximum Gasteiger partial charge on any atom is 0.106 e. The molecule has 0 fully saturated rings. The van der Waals surface area contributed by atoms with Crippen LogP contribution in [0.1, 0.15) is 28.1 Å². The van der Waals surface area contributed by atoms with E-state index in [0.717, 1.165) is 45.9 Å². The fourth-order valence-corrected chi connectivity index (χ4v) is 3.74. The summed E-state index contributed by atoms with van der Waals surface area (Å²) < 4.78 is 2.13. The normalized spacial score (nSPS) is 10.8. The molecule has 2 aromatic carbocycles. The van der Waals surface area contributed by atoms with E-state index in [1.54, 1.807) is 0 Å². The zero-order chi connectivity index (χ0) is 21.8. The van der Waals surface area contributed by atoms with Crippen molar-refractivity contribution in [3.05, 3.63) is 95.1 Å². The molecule has 2 heterocycles. The fourth-order valence-electron chi connectivity index (χ4n) is 3.74. The molecule has 0 saturated carbocycles. The molecule has 0 aliphatic heterocycles. The number of hydrogen-bond donors (Lipinski definition) is 1. The summed E-state index contributed by atoms with van der Waals surface area (Å²) in [5.41, 5.74) is 13.6. The Hall–Kier alpha value is -3.75. The number of nitriles is 1. The Morgan fingerprint density at radius 2 is 1.90 bits per heavy atom. The highest BCUT2D eigenvalue weighted by molar-refractivity contribution is 5.65. The Balaban J connectivity index is 1.70. The highest BCUT2D eigenvalue weighted by Gasteiger charge is 2.12. The molecule has 0 atom stereocenters. The third kappa shape index (κ3) is 4.55. The number of aryl methyl sites for hydroxylation is 2. The molecule has 4 rings (SSSR count). The van der Waals surface area contributed by atoms with Gasteiger partial charge in [-0.15, -0.1) is 0 Å². The lowest BCUT2D eigenvalue weighted by atomic mass is 10.0. The second kappa shape index (κ2) is 8.95. The van der Waals surface area contributed by atoms with Gasteiger partial charge in [-0.2, -0.15) is 5.26 Å². The van der Waals surface area contributed by atoms with Crippen LogP contribution >= 0.6 is 0 Å². The van der Waals surface area contributed by atoms with E-state index >= 15 is 0 Å². The first-order valence-corrected chi connectivity index (χ1v) is 10.4. The first-order chi connectivity index (χ1) is 15.1. The van der Waals surface area contributed by atoms with Crippen molar-refractivity contribution >= 4 is 0 Å². The molecule has 31 heavy (non-hydrogen) atoms. The Labute approximate surface area is 182 Å². The summed E-state index contributed by atoms with van der Waals surface area (Å²) in [5.74, 6) is 0.927. The zero-order valence-corrected chi connectivity index (χ0v) is 17.8. The number of hydrogen-bond acceptors (Lipinski definition) is 4. The summed E-state index contributed by atoms with van der Waals surface area (Å²) in [6.07, 6.45) is 4.76. The first kappa shape index (κ1) is 20.5. The van der Waals surface area contributed by atoms with Crippen LogP contribution in [0.15, 0.2) is 67.0 Å². The lowest BCUT2D eigenvalue weighted by Gasteiger charge is -2.12. The predicted octanol–water partition coefficient (Wildman–Crippen LogP) is 4.65. The van der Waals surface area contributed by atoms with Crippen LogP contribution < -0.4 is 5.73 Å². The molecule has 0 aliphatic rings. The molecule has 0 saturated heterocycles. The Bertz CT molecular complexity index is 1250. The lowest BCUT2D eigenvalue weighted by molar-refractivity contribution is 0.762. The van der Waals surface area contributed by atoms with Gasteiger partial charge in [-0.3, -0.25) is 4.98 Å². The van der Waals surface area contributed by atoms with Gasteiger partial charge in [0.15, 0.2) is 0 Å². The van der Waals surface area contributed by atoms with E-state index in [1.807, 2.05) is 43.5 Å². The Kier molecular flexibility index (Phi) is 5.92. The third-order valence-corrected chi connectivity index (χ3v) is 5.40. The minimum Gasteiger partial charge on any atom is -0.330 e. The molecule has 0 amide bonds. The van der Waals surface area contributed by atoms with Gasteiger partial charge in [-0.25, -0.2) is 4.98 Å². The van der Waals surface area contributed by atoms with E-state index < -0.39 is 0 Å². The maximum atomic E-state index is 9.42. The second-order valence-corrected chi connectivity index (χ2v) is 7.74. The minimum absolute atomic E-state index is 0.603. The van der Waals surface area contributed by atoms with Gasteiger partial charge in [0.05, 0.1) is 23.0 Å². The van der Waals surface area contributed by atoms with Crippen LogP contribution in [-0.2, 0) is 13.0 Å². The van der Waals surface area contributed by atoms with Crippen molar-refractivity contribution in [3.8, 4) is 28.6 Å². The summed E-state index contributed by atoms with van der Waals surface area (Å²) in [7, 11) is 0. The number of benzene rings is 2. The topological polar surface area (TPSA) is 80.5 Å². The van der Waals surface area contributed by atoms with E-state index in [2.05, 4.69) is 53.0 Å². The molecular formula is C26H25N5. The van der Waals surface area contributed by atoms with E-state index in [-0.39, 0.29) is 0 Å². The van der Waals surface area contributed by atoms with Crippen molar-refractivity contribution in [1.82, 2.24) is 14.5 Å². The molecule has 0 bridgehead atoms. The van der Waals surface area contributed by atoms with Gasteiger partial charge in [-0.05, 0) is 62.2 Å². The quantitative estimate of drug-likeness (QED) is 0.504. The molecule has 2 aromatic heterocycles. The Morgan fingerprint density at radius 1 is 1.03 bits per heavy atom. The van der Waals surface area contributed by atoms with Gasteiger partial charge in [0.2, 0.25) is 0 Å². The van der Waals surface area contributed by atoms with Crippen LogP contribution in [0.3, 0.4) is 0 Å². The van der Waals surface area contributed by atoms with Gasteiger partial charge in [0, 0.05) is 30.1 Å². The van der Waals surface area contributed by atoms with Crippen molar-refractivity contribution < 1.29 is 0 Å². The van der Waals surface area contributed by atoms with E-state index in [0.29, 0.717) is 18.7 Å². The highest BCUT2D eigenvalue weighted by atomic mass is 15.1. The van der Waals surface area contributed by atoms with Crippen LogP contribution in [0.4, 0.5) is 0 Å². The summed E-state index contributed by atoms with van der Waals surface area (Å²) in [4.78, 5) is 9.41. The lowest BCUT2D eigenvalue weighted by Crippen LogP contribution is -2.04. The monoisotopic (exact) mass is 407 g/mol. The molecule has 0 aliphatic carbocycles. The van der Waals surface area contributed by atoms with Crippen LogP contribution in [0.2, 0.25) is 0 Å². The van der Waals surface area contributed by atoms with Gasteiger partial charge < -0.3 is 10.3 Å². The molecule has 5 heteroatoms. The maximum absolute atomic E-state index is 9.42. The average Bonchev–Trinajstić information content (AvgIpc) is 3.15. The molecule has 5 nitrogen and oxygen atoms in total. The minimum atomic E-state index is 0.603. The van der Waals surface area contributed by atoms with Crippen LogP contribution in [0.5, 0.6) is 0 Å². The second-order valence-electron chi connectivity index (χ2n) is 7.74. The molecule has 0 spiro atoms. The van der Waals surface area contributed by atoms with Crippen molar-refractivity contribution in [2.24, 2.45) is 5.73 Å². The highest BCUT2D eigenvalue weighted by Crippen LogP contribution is 2.26. The standard InChI is InChI=1S/C26H25N5/c1-18-4-3-5-22(12-18)26-17-31(19(2)30-26)16-23-13-21(14-28)6-8-24(23)25-9-7-20(10-11-27)15-29-25/h3-9,12-13,15,17H,10-11,16,27H2,1-2H3. The van der Waals surface area contributed by atoms with E-state index in [9.17, 15) is 5.26 Å². The summed E-state index contributed by atoms with van der Waals surface area (Å²) in [6, 6.07) is 20.4. The predicted molar refractivity (Wildman–Crippen MR) is 123 cm³/mol. The summed E-state index contributed by atoms with van der Waals surface area (Å²) in [6.45, 7) is 5.31.